The van der Waals surface area contributed by atoms with E-state index in [9.17, 15) is 21.6 Å². The van der Waals surface area contributed by atoms with Gasteiger partial charge in [-0.1, -0.05) is 11.8 Å². The van der Waals surface area contributed by atoms with Gasteiger partial charge in [0.1, 0.15) is 9.84 Å². The second-order valence-corrected chi connectivity index (χ2v) is 8.03. The molecule has 1 atom stereocenters. The van der Waals surface area contributed by atoms with E-state index in [1.165, 1.54) is 18.4 Å². The zero-order valence-electron chi connectivity index (χ0n) is 14.8. The minimum Gasteiger partial charge on any atom is -0.354 e. The zero-order chi connectivity index (χ0) is 19.8. The molecular formula is C17H22F3N3O2S. The highest BCUT2D eigenvalue weighted by molar-refractivity contribution is 7.90. The van der Waals surface area contributed by atoms with Crippen LogP contribution in [0.25, 0.3) is 0 Å². The fourth-order valence-corrected chi connectivity index (χ4v) is 2.69. The third-order valence-corrected chi connectivity index (χ3v) is 4.29. The van der Waals surface area contributed by atoms with E-state index in [-0.39, 0.29) is 18.3 Å². The van der Waals surface area contributed by atoms with Crippen molar-refractivity contribution in [3.8, 4) is 11.8 Å². The quantitative estimate of drug-likeness (QED) is 0.459. The summed E-state index contributed by atoms with van der Waals surface area (Å²) >= 11 is 0. The minimum absolute atomic E-state index is 0.0753. The van der Waals surface area contributed by atoms with E-state index < -0.39 is 21.6 Å². The SMILES string of the molecule is CN=C(NCC#Cc1ccc(C(F)(F)F)cc1)NC(C)CCS(C)(=O)=O. The van der Waals surface area contributed by atoms with Crippen LogP contribution in [0.2, 0.25) is 0 Å². The Labute approximate surface area is 152 Å². The van der Waals surface area contributed by atoms with Crippen molar-refractivity contribution in [1.29, 1.82) is 0 Å². The van der Waals surface area contributed by atoms with Gasteiger partial charge in [0.05, 0.1) is 17.9 Å². The summed E-state index contributed by atoms with van der Waals surface area (Å²) in [5, 5.41) is 5.98. The first kappa shape index (κ1) is 21.8. The average molecular weight is 389 g/mol. The van der Waals surface area contributed by atoms with Gasteiger partial charge in [-0.2, -0.15) is 13.2 Å². The van der Waals surface area contributed by atoms with E-state index in [1.807, 2.05) is 6.92 Å². The number of rotatable bonds is 5. The average Bonchev–Trinajstić information content (AvgIpc) is 2.54. The normalized spacial score (nSPS) is 13.5. The molecule has 1 aromatic rings. The minimum atomic E-state index is -4.36. The maximum atomic E-state index is 12.5. The van der Waals surface area contributed by atoms with Crippen LogP contribution in [0, 0.1) is 11.8 Å². The van der Waals surface area contributed by atoms with Crippen LogP contribution < -0.4 is 10.6 Å². The van der Waals surface area contributed by atoms with Crippen LogP contribution >= 0.6 is 0 Å². The van der Waals surface area contributed by atoms with Gasteiger partial charge in [-0.05, 0) is 37.6 Å². The predicted octanol–water partition coefficient (Wildman–Crippen LogP) is 2.05. The lowest BCUT2D eigenvalue weighted by Gasteiger charge is -2.16. The summed E-state index contributed by atoms with van der Waals surface area (Å²) in [5.41, 5.74) is -0.238. The molecular weight excluding hydrogens is 367 g/mol. The summed E-state index contributed by atoms with van der Waals surface area (Å²) in [7, 11) is -1.45. The third-order valence-electron chi connectivity index (χ3n) is 3.32. The molecule has 0 saturated carbocycles. The summed E-state index contributed by atoms with van der Waals surface area (Å²) in [6, 6.07) is 4.51. The molecule has 26 heavy (non-hydrogen) atoms. The Morgan fingerprint density at radius 1 is 1.27 bits per heavy atom. The maximum Gasteiger partial charge on any atom is 0.416 e. The van der Waals surface area contributed by atoms with Gasteiger partial charge in [0.15, 0.2) is 5.96 Å². The number of hydrogen-bond acceptors (Lipinski definition) is 3. The fourth-order valence-electron chi connectivity index (χ4n) is 1.91. The van der Waals surface area contributed by atoms with Gasteiger partial charge in [0.25, 0.3) is 0 Å². The van der Waals surface area contributed by atoms with Crippen molar-refractivity contribution in [1.82, 2.24) is 10.6 Å². The molecule has 1 rings (SSSR count). The molecule has 0 saturated heterocycles. The standard InChI is InChI=1S/C17H22F3N3O2S/c1-13(10-12-26(3,24)25)23-16(21-2)22-11-4-5-14-6-8-15(9-7-14)17(18,19)20/h6-9,13H,10-12H2,1-3H3,(H2,21,22,23). The summed E-state index contributed by atoms with van der Waals surface area (Å²) in [6.45, 7) is 2.07. The van der Waals surface area contributed by atoms with Crippen LogP contribution in [0.3, 0.4) is 0 Å². The number of guanidine groups is 1. The molecule has 0 bridgehead atoms. The molecule has 144 valence electrons. The van der Waals surface area contributed by atoms with Gasteiger partial charge < -0.3 is 10.6 Å². The Morgan fingerprint density at radius 3 is 2.38 bits per heavy atom. The second-order valence-electron chi connectivity index (χ2n) is 5.77. The lowest BCUT2D eigenvalue weighted by molar-refractivity contribution is -0.137. The smallest absolute Gasteiger partial charge is 0.354 e. The van der Waals surface area contributed by atoms with Crippen molar-refractivity contribution in [2.45, 2.75) is 25.6 Å². The molecule has 0 radical (unpaired) electrons. The van der Waals surface area contributed by atoms with Gasteiger partial charge >= 0.3 is 6.18 Å². The Hall–Kier alpha value is -2.21. The van der Waals surface area contributed by atoms with Gasteiger partial charge in [0, 0.05) is 24.9 Å². The number of aliphatic imine (C=N–C) groups is 1. The van der Waals surface area contributed by atoms with E-state index in [1.54, 1.807) is 7.05 Å². The second kappa shape index (κ2) is 9.48. The van der Waals surface area contributed by atoms with Gasteiger partial charge in [-0.3, -0.25) is 4.99 Å². The van der Waals surface area contributed by atoms with Crippen molar-refractivity contribution >= 4 is 15.8 Å². The summed E-state index contributed by atoms with van der Waals surface area (Å²) in [5.74, 6) is 6.10. The molecule has 0 fully saturated rings. The lowest BCUT2D eigenvalue weighted by atomic mass is 10.1. The summed E-state index contributed by atoms with van der Waals surface area (Å²) < 4.78 is 59.8. The molecule has 2 N–H and O–H groups in total. The van der Waals surface area contributed by atoms with Crippen LogP contribution in [0.4, 0.5) is 13.2 Å². The van der Waals surface area contributed by atoms with E-state index in [0.717, 1.165) is 12.1 Å². The molecule has 0 aliphatic carbocycles. The van der Waals surface area contributed by atoms with E-state index in [4.69, 9.17) is 0 Å². The maximum absolute atomic E-state index is 12.5. The number of hydrogen-bond donors (Lipinski definition) is 2. The summed E-state index contributed by atoms with van der Waals surface area (Å²) in [4.78, 5) is 4.01. The van der Waals surface area contributed by atoms with E-state index in [2.05, 4.69) is 27.5 Å². The van der Waals surface area contributed by atoms with Crippen molar-refractivity contribution in [3.63, 3.8) is 0 Å². The highest BCUT2D eigenvalue weighted by atomic mass is 32.2. The molecule has 0 aliphatic rings. The van der Waals surface area contributed by atoms with Crippen molar-refractivity contribution < 1.29 is 21.6 Å². The number of nitrogens with one attached hydrogen (secondary N) is 2. The highest BCUT2D eigenvalue weighted by Crippen LogP contribution is 2.28. The Morgan fingerprint density at radius 2 is 1.88 bits per heavy atom. The van der Waals surface area contributed by atoms with Crippen molar-refractivity contribution in [2.24, 2.45) is 4.99 Å². The third kappa shape index (κ3) is 8.76. The Kier molecular flexibility index (Phi) is 7.96. The van der Waals surface area contributed by atoms with E-state index >= 15 is 0 Å². The zero-order valence-corrected chi connectivity index (χ0v) is 15.6. The number of nitrogens with zero attached hydrogens (tertiary/aromatic N) is 1. The van der Waals surface area contributed by atoms with Crippen LogP contribution in [0.5, 0.6) is 0 Å². The molecule has 1 aromatic carbocycles. The highest BCUT2D eigenvalue weighted by Gasteiger charge is 2.29. The number of halogens is 3. The molecule has 0 amide bonds. The Balaban J connectivity index is 2.49. The number of benzene rings is 1. The van der Waals surface area contributed by atoms with Crippen LogP contribution in [0.15, 0.2) is 29.3 Å². The molecule has 0 spiro atoms. The molecule has 0 aromatic heterocycles. The first-order valence-corrected chi connectivity index (χ1v) is 9.88. The first-order chi connectivity index (χ1) is 12.0. The molecule has 0 heterocycles. The Bertz CT molecular complexity index is 776. The first-order valence-electron chi connectivity index (χ1n) is 7.82. The van der Waals surface area contributed by atoms with Crippen LogP contribution in [-0.4, -0.2) is 46.0 Å². The molecule has 5 nitrogen and oxygen atoms in total. The van der Waals surface area contributed by atoms with Crippen LogP contribution in [0.1, 0.15) is 24.5 Å². The van der Waals surface area contributed by atoms with Gasteiger partial charge in [-0.15, -0.1) is 0 Å². The molecule has 1 unspecified atom stereocenters. The lowest BCUT2D eigenvalue weighted by Crippen LogP contribution is -2.42. The predicted molar refractivity (Wildman–Crippen MR) is 96.6 cm³/mol. The monoisotopic (exact) mass is 389 g/mol. The molecule has 0 aliphatic heterocycles. The number of alkyl halides is 3. The molecule has 9 heteroatoms. The van der Waals surface area contributed by atoms with Crippen molar-refractivity contribution in [3.05, 3.63) is 35.4 Å². The van der Waals surface area contributed by atoms with Gasteiger partial charge in [0.2, 0.25) is 0 Å². The topological polar surface area (TPSA) is 70.6 Å². The van der Waals surface area contributed by atoms with Crippen molar-refractivity contribution in [2.75, 3.05) is 25.6 Å². The van der Waals surface area contributed by atoms with Gasteiger partial charge in [-0.25, -0.2) is 8.42 Å². The largest absolute Gasteiger partial charge is 0.416 e. The summed E-state index contributed by atoms with van der Waals surface area (Å²) in [6.07, 6.45) is -2.74. The van der Waals surface area contributed by atoms with Crippen LogP contribution in [-0.2, 0) is 16.0 Å². The fraction of sp³-hybridized carbons (Fsp3) is 0.471. The number of sulfone groups is 1. The van der Waals surface area contributed by atoms with E-state index in [0.29, 0.717) is 17.9 Å².